The molecule has 0 amide bonds. The lowest BCUT2D eigenvalue weighted by molar-refractivity contribution is 0.163. The number of pyridine rings is 1. The fourth-order valence-electron chi connectivity index (χ4n) is 2.73. The van der Waals surface area contributed by atoms with E-state index < -0.39 is 0 Å². The van der Waals surface area contributed by atoms with Crippen LogP contribution in [0.3, 0.4) is 0 Å². The molecule has 1 aliphatic heterocycles. The quantitative estimate of drug-likeness (QED) is 0.862. The molecule has 5 heteroatoms. The Hall–Kier alpha value is -1.75. The van der Waals surface area contributed by atoms with Gasteiger partial charge in [-0.2, -0.15) is 5.10 Å². The van der Waals surface area contributed by atoms with Crippen molar-refractivity contribution in [3.63, 3.8) is 0 Å². The fraction of sp³-hybridized carbons (Fsp3) is 0.467. The second-order valence-corrected chi connectivity index (χ2v) is 5.44. The van der Waals surface area contributed by atoms with Crippen molar-refractivity contribution < 1.29 is 4.39 Å². The van der Waals surface area contributed by atoms with Crippen molar-refractivity contribution in [3.8, 4) is 11.3 Å². The summed E-state index contributed by atoms with van der Waals surface area (Å²) in [5.41, 5.74) is 1.69. The van der Waals surface area contributed by atoms with E-state index in [2.05, 4.69) is 22.0 Å². The van der Waals surface area contributed by atoms with Gasteiger partial charge in [0.2, 0.25) is 0 Å². The minimum Gasteiger partial charge on any atom is -0.302 e. The van der Waals surface area contributed by atoms with Crippen molar-refractivity contribution in [2.45, 2.75) is 31.8 Å². The van der Waals surface area contributed by atoms with Crippen LogP contribution in [0.25, 0.3) is 11.3 Å². The van der Waals surface area contributed by atoms with Crippen LogP contribution in [0.15, 0.2) is 30.7 Å². The largest absolute Gasteiger partial charge is 0.302 e. The Bertz CT molecular complexity index is 564. The summed E-state index contributed by atoms with van der Waals surface area (Å²) in [4.78, 5) is 6.49. The van der Waals surface area contributed by atoms with Crippen LogP contribution in [0.1, 0.15) is 19.3 Å². The van der Waals surface area contributed by atoms with E-state index in [4.69, 9.17) is 0 Å². The maximum atomic E-state index is 12.9. The number of rotatable bonds is 3. The first-order chi connectivity index (χ1) is 9.72. The van der Waals surface area contributed by atoms with Gasteiger partial charge in [0.15, 0.2) is 0 Å². The highest BCUT2D eigenvalue weighted by atomic mass is 19.1. The normalized spacial score (nSPS) is 20.2. The smallest absolute Gasteiger partial charge is 0.141 e. The van der Waals surface area contributed by atoms with Crippen LogP contribution in [0.2, 0.25) is 0 Å². The third kappa shape index (κ3) is 2.88. The summed E-state index contributed by atoms with van der Waals surface area (Å²) in [6.07, 6.45) is 8.83. The van der Waals surface area contributed by atoms with Crippen LogP contribution in [0.4, 0.5) is 4.39 Å². The van der Waals surface area contributed by atoms with E-state index in [-0.39, 0.29) is 5.82 Å². The summed E-state index contributed by atoms with van der Waals surface area (Å²) < 4.78 is 14.8. The van der Waals surface area contributed by atoms with Crippen molar-refractivity contribution in [3.05, 3.63) is 36.5 Å². The van der Waals surface area contributed by atoms with Crippen LogP contribution in [0, 0.1) is 5.82 Å². The van der Waals surface area contributed by atoms with Gasteiger partial charge in [0.25, 0.3) is 0 Å². The summed E-state index contributed by atoms with van der Waals surface area (Å²) in [5, 5.41) is 4.40. The van der Waals surface area contributed by atoms with E-state index in [1.807, 2.05) is 10.9 Å². The van der Waals surface area contributed by atoms with Gasteiger partial charge in [-0.3, -0.25) is 9.67 Å². The molecule has 0 spiro atoms. The molecule has 3 heterocycles. The second-order valence-electron chi connectivity index (χ2n) is 5.44. The van der Waals surface area contributed by atoms with Gasteiger partial charge < -0.3 is 4.90 Å². The lowest BCUT2D eigenvalue weighted by atomic mass is 10.0. The molecule has 0 aromatic carbocycles. The minimum atomic E-state index is -0.315. The summed E-state index contributed by atoms with van der Waals surface area (Å²) >= 11 is 0. The van der Waals surface area contributed by atoms with Gasteiger partial charge in [0.1, 0.15) is 5.82 Å². The van der Waals surface area contributed by atoms with Crippen molar-refractivity contribution in [2.24, 2.45) is 0 Å². The first-order valence-corrected chi connectivity index (χ1v) is 7.07. The molecule has 1 fully saturated rings. The van der Waals surface area contributed by atoms with Gasteiger partial charge in [-0.1, -0.05) is 6.42 Å². The Kier molecular flexibility index (Phi) is 3.78. The number of hydrogen-bond acceptors (Lipinski definition) is 3. The molecule has 0 saturated carbocycles. The SMILES string of the molecule is CN1CCCC[C@H]1Cn1cc(-c2ccc(F)cn2)cn1. The zero-order chi connectivity index (χ0) is 13.9. The van der Waals surface area contributed by atoms with Gasteiger partial charge in [-0.25, -0.2) is 4.39 Å². The molecule has 106 valence electrons. The molecule has 0 N–H and O–H groups in total. The number of halogens is 1. The molecule has 1 saturated heterocycles. The minimum absolute atomic E-state index is 0.315. The molecular formula is C15H19FN4. The van der Waals surface area contributed by atoms with Crippen LogP contribution >= 0.6 is 0 Å². The fourth-order valence-corrected chi connectivity index (χ4v) is 2.73. The van der Waals surface area contributed by atoms with Crippen molar-refractivity contribution >= 4 is 0 Å². The molecule has 2 aromatic rings. The third-order valence-electron chi connectivity index (χ3n) is 3.98. The highest BCUT2D eigenvalue weighted by Gasteiger charge is 2.19. The monoisotopic (exact) mass is 274 g/mol. The third-order valence-corrected chi connectivity index (χ3v) is 3.98. The van der Waals surface area contributed by atoms with E-state index in [1.165, 1.54) is 31.5 Å². The van der Waals surface area contributed by atoms with Gasteiger partial charge >= 0.3 is 0 Å². The molecule has 0 radical (unpaired) electrons. The van der Waals surface area contributed by atoms with E-state index in [0.717, 1.165) is 24.3 Å². The Balaban J connectivity index is 1.71. The molecule has 1 aliphatic rings. The molecule has 0 unspecified atom stereocenters. The van der Waals surface area contributed by atoms with Crippen LogP contribution in [0.5, 0.6) is 0 Å². The van der Waals surface area contributed by atoms with E-state index >= 15 is 0 Å². The summed E-state index contributed by atoms with van der Waals surface area (Å²) in [7, 11) is 2.18. The number of likely N-dealkylation sites (tertiary alicyclic amines) is 1. The van der Waals surface area contributed by atoms with Gasteiger partial charge in [-0.15, -0.1) is 0 Å². The number of aromatic nitrogens is 3. The lowest BCUT2D eigenvalue weighted by Gasteiger charge is -2.32. The van der Waals surface area contributed by atoms with Crippen molar-refractivity contribution in [1.82, 2.24) is 19.7 Å². The molecule has 20 heavy (non-hydrogen) atoms. The Morgan fingerprint density at radius 2 is 2.20 bits per heavy atom. The molecule has 0 bridgehead atoms. The lowest BCUT2D eigenvalue weighted by Crippen LogP contribution is -2.39. The molecular weight excluding hydrogens is 255 g/mol. The molecule has 3 rings (SSSR count). The summed E-state index contributed by atoms with van der Waals surface area (Å²) in [6, 6.07) is 3.66. The number of hydrogen-bond donors (Lipinski definition) is 0. The zero-order valence-corrected chi connectivity index (χ0v) is 11.7. The molecule has 1 atom stereocenters. The van der Waals surface area contributed by atoms with Gasteiger partial charge in [-0.05, 0) is 38.6 Å². The van der Waals surface area contributed by atoms with Crippen LogP contribution in [-0.2, 0) is 6.54 Å². The topological polar surface area (TPSA) is 34.0 Å². The molecule has 2 aromatic heterocycles. The van der Waals surface area contributed by atoms with E-state index in [1.54, 1.807) is 12.3 Å². The summed E-state index contributed by atoms with van der Waals surface area (Å²) in [5.74, 6) is -0.315. The Morgan fingerprint density at radius 1 is 1.30 bits per heavy atom. The Labute approximate surface area is 118 Å². The first kappa shape index (κ1) is 13.2. The number of piperidine rings is 1. The Morgan fingerprint density at radius 3 is 2.95 bits per heavy atom. The van der Waals surface area contributed by atoms with Crippen LogP contribution in [-0.4, -0.2) is 39.3 Å². The standard InChI is InChI=1S/C15H19FN4/c1-19-7-3-2-4-14(19)11-20-10-12(8-18-20)15-6-5-13(16)9-17-15/h5-6,8-10,14H,2-4,7,11H2,1H3/t14-/m0/s1. The summed E-state index contributed by atoms with van der Waals surface area (Å²) in [6.45, 7) is 2.07. The highest BCUT2D eigenvalue weighted by molar-refractivity contribution is 5.56. The van der Waals surface area contributed by atoms with Gasteiger partial charge in [0.05, 0.1) is 24.6 Å². The molecule has 4 nitrogen and oxygen atoms in total. The first-order valence-electron chi connectivity index (χ1n) is 7.07. The van der Waals surface area contributed by atoms with Gasteiger partial charge in [0, 0.05) is 17.8 Å². The van der Waals surface area contributed by atoms with Crippen molar-refractivity contribution in [1.29, 1.82) is 0 Å². The van der Waals surface area contributed by atoms with Crippen LogP contribution < -0.4 is 0 Å². The predicted octanol–water partition coefficient (Wildman–Crippen LogP) is 2.57. The molecule has 0 aliphatic carbocycles. The number of likely N-dealkylation sites (N-methyl/N-ethyl adjacent to an activating group) is 1. The average molecular weight is 274 g/mol. The van der Waals surface area contributed by atoms with Crippen molar-refractivity contribution in [2.75, 3.05) is 13.6 Å². The average Bonchev–Trinajstić information content (AvgIpc) is 2.91. The predicted molar refractivity (Wildman–Crippen MR) is 75.7 cm³/mol. The zero-order valence-electron chi connectivity index (χ0n) is 11.7. The van der Waals surface area contributed by atoms with E-state index in [0.29, 0.717) is 6.04 Å². The number of nitrogens with zero attached hydrogens (tertiary/aromatic N) is 4. The maximum Gasteiger partial charge on any atom is 0.141 e. The highest BCUT2D eigenvalue weighted by Crippen LogP contribution is 2.19. The van der Waals surface area contributed by atoms with E-state index in [9.17, 15) is 4.39 Å². The second kappa shape index (κ2) is 5.71. The maximum absolute atomic E-state index is 12.9.